The Morgan fingerprint density at radius 2 is 1.85 bits per heavy atom. The maximum atomic E-state index is 12.9. The number of carbonyl (C=O) groups is 1. The van der Waals surface area contributed by atoms with Crippen LogP contribution in [0.25, 0.3) is 0 Å². The highest BCUT2D eigenvalue weighted by atomic mass is 35.5. The number of rotatable bonds is 4. The normalized spacial score (nSPS) is 23.3. The van der Waals surface area contributed by atoms with E-state index < -0.39 is 0 Å². The van der Waals surface area contributed by atoms with Gasteiger partial charge < -0.3 is 15.3 Å². The summed E-state index contributed by atoms with van der Waals surface area (Å²) < 4.78 is 0. The summed E-state index contributed by atoms with van der Waals surface area (Å²) in [6.07, 6.45) is 5.20. The number of piperidine rings is 1. The quantitative estimate of drug-likeness (QED) is 0.738. The second kappa shape index (κ2) is 10.7. The highest BCUT2D eigenvalue weighted by Gasteiger charge is 2.31. The van der Waals surface area contributed by atoms with Gasteiger partial charge in [-0.05, 0) is 62.4 Å². The van der Waals surface area contributed by atoms with Crippen LogP contribution in [0.3, 0.4) is 0 Å². The molecule has 1 aromatic carbocycles. The number of benzene rings is 1. The third-order valence-corrected chi connectivity index (χ3v) is 6.04. The summed E-state index contributed by atoms with van der Waals surface area (Å²) in [4.78, 5) is 17.5. The first kappa shape index (κ1) is 23.5. The van der Waals surface area contributed by atoms with Crippen molar-refractivity contribution in [3.63, 3.8) is 0 Å². The number of hydrogen-bond donors (Lipinski definition) is 0. The number of likely N-dealkylation sites (tertiary alicyclic amines) is 2. The topological polar surface area (TPSA) is 55.1 Å². The van der Waals surface area contributed by atoms with Crippen molar-refractivity contribution in [2.45, 2.75) is 45.1 Å². The average molecular weight is 424 g/mol. The molecule has 2 aliphatic rings. The molecule has 2 saturated heterocycles. The summed E-state index contributed by atoms with van der Waals surface area (Å²) in [7, 11) is 0. The highest BCUT2D eigenvalue weighted by Crippen LogP contribution is 2.26. The lowest BCUT2D eigenvalue weighted by atomic mass is 9.91. The van der Waals surface area contributed by atoms with E-state index >= 15 is 0 Å². The van der Waals surface area contributed by atoms with Crippen LogP contribution in [0, 0.1) is 5.92 Å². The molecule has 2 heterocycles. The Balaban J connectivity index is 0.00000169. The molecule has 2 aliphatic heterocycles. The molecule has 1 aromatic rings. The van der Waals surface area contributed by atoms with Gasteiger partial charge in [-0.1, -0.05) is 36.2 Å². The van der Waals surface area contributed by atoms with Gasteiger partial charge in [0.2, 0.25) is 5.91 Å². The van der Waals surface area contributed by atoms with Crippen molar-refractivity contribution in [3.8, 4) is 0 Å². The van der Waals surface area contributed by atoms with E-state index in [-0.39, 0.29) is 23.8 Å². The van der Waals surface area contributed by atoms with Crippen LogP contribution in [0.1, 0.15) is 38.2 Å². The standard InChI is InChI=1S/C19H26Cl2N2O.ClH.H2O/c1-14-6-9-23(16(10-14)13-22-7-2-3-8-22)19(24)12-15-4-5-17(20)18(21)11-15;;/h4-5,11,14,16H,2-3,6-10,12-13H2,1H3;1H;1H2. The molecule has 2 fully saturated rings. The molecule has 1 amide bonds. The van der Waals surface area contributed by atoms with Crippen LogP contribution < -0.4 is 0 Å². The van der Waals surface area contributed by atoms with Crippen LogP contribution in [-0.4, -0.2) is 53.4 Å². The zero-order valence-electron chi connectivity index (χ0n) is 15.2. The fourth-order valence-corrected chi connectivity index (χ4v) is 4.26. The zero-order valence-corrected chi connectivity index (χ0v) is 17.5. The van der Waals surface area contributed by atoms with E-state index in [1.165, 1.54) is 25.9 Å². The summed E-state index contributed by atoms with van der Waals surface area (Å²) in [5.74, 6) is 0.913. The molecule has 0 aromatic heterocycles. The van der Waals surface area contributed by atoms with Gasteiger partial charge in [-0.3, -0.25) is 4.79 Å². The van der Waals surface area contributed by atoms with Gasteiger partial charge in [0.05, 0.1) is 16.5 Å². The summed E-state index contributed by atoms with van der Waals surface area (Å²) in [6, 6.07) is 5.83. The molecule has 2 unspecified atom stereocenters. The lowest BCUT2D eigenvalue weighted by molar-refractivity contribution is -0.135. The molecular weight excluding hydrogens is 395 g/mol. The lowest BCUT2D eigenvalue weighted by Gasteiger charge is -2.40. The van der Waals surface area contributed by atoms with Gasteiger partial charge in [-0.2, -0.15) is 0 Å². The molecular formula is C19H29Cl3N2O2. The van der Waals surface area contributed by atoms with Crippen LogP contribution in [0.5, 0.6) is 0 Å². The van der Waals surface area contributed by atoms with Crippen LogP contribution in [0.2, 0.25) is 10.0 Å². The average Bonchev–Trinajstić information content (AvgIpc) is 3.04. The van der Waals surface area contributed by atoms with Gasteiger partial charge in [0.15, 0.2) is 0 Å². The first-order chi connectivity index (χ1) is 11.5. The van der Waals surface area contributed by atoms with Crippen molar-refractivity contribution in [1.82, 2.24) is 9.80 Å². The van der Waals surface area contributed by atoms with Crippen molar-refractivity contribution in [1.29, 1.82) is 0 Å². The maximum absolute atomic E-state index is 12.9. The van der Waals surface area contributed by atoms with E-state index in [1.54, 1.807) is 6.07 Å². The Hall–Kier alpha value is -0.520. The maximum Gasteiger partial charge on any atom is 0.227 e. The minimum Gasteiger partial charge on any atom is -0.412 e. The second-order valence-corrected chi connectivity index (χ2v) is 8.12. The Morgan fingerprint density at radius 3 is 2.50 bits per heavy atom. The number of carbonyl (C=O) groups excluding carboxylic acids is 1. The summed E-state index contributed by atoms with van der Waals surface area (Å²) >= 11 is 12.0. The van der Waals surface area contributed by atoms with Gasteiger partial charge in [-0.25, -0.2) is 0 Å². The molecule has 26 heavy (non-hydrogen) atoms. The van der Waals surface area contributed by atoms with Gasteiger partial charge in [-0.15, -0.1) is 12.4 Å². The van der Waals surface area contributed by atoms with E-state index in [2.05, 4.69) is 16.7 Å². The minimum absolute atomic E-state index is 0. The Bertz CT molecular complexity index is 594. The van der Waals surface area contributed by atoms with Crippen molar-refractivity contribution < 1.29 is 10.3 Å². The van der Waals surface area contributed by atoms with E-state index in [9.17, 15) is 4.79 Å². The highest BCUT2D eigenvalue weighted by molar-refractivity contribution is 6.42. The number of amides is 1. The number of hydrogen-bond acceptors (Lipinski definition) is 2. The third-order valence-electron chi connectivity index (χ3n) is 5.31. The number of halogens is 3. The van der Waals surface area contributed by atoms with E-state index in [4.69, 9.17) is 23.2 Å². The summed E-state index contributed by atoms with van der Waals surface area (Å²) in [5, 5.41) is 1.05. The Labute approximate surface area is 172 Å². The monoisotopic (exact) mass is 422 g/mol. The van der Waals surface area contributed by atoms with Gasteiger partial charge in [0.25, 0.3) is 0 Å². The SMILES string of the molecule is CC1CCN(C(=O)Cc2ccc(Cl)c(Cl)c2)C(CN2CCCC2)C1.Cl.O. The van der Waals surface area contributed by atoms with Crippen molar-refractivity contribution in [2.24, 2.45) is 5.92 Å². The van der Waals surface area contributed by atoms with Crippen molar-refractivity contribution >= 4 is 41.5 Å². The van der Waals surface area contributed by atoms with Gasteiger partial charge >= 0.3 is 0 Å². The van der Waals surface area contributed by atoms with Crippen LogP contribution >= 0.6 is 35.6 Å². The summed E-state index contributed by atoms with van der Waals surface area (Å²) in [5.41, 5.74) is 0.938. The molecule has 7 heteroatoms. The molecule has 2 N–H and O–H groups in total. The van der Waals surface area contributed by atoms with E-state index in [0.29, 0.717) is 28.4 Å². The largest absolute Gasteiger partial charge is 0.412 e. The fourth-order valence-electron chi connectivity index (χ4n) is 3.94. The fraction of sp³-hybridized carbons (Fsp3) is 0.632. The smallest absolute Gasteiger partial charge is 0.227 e. The Morgan fingerprint density at radius 1 is 1.15 bits per heavy atom. The molecule has 0 saturated carbocycles. The minimum atomic E-state index is 0. The van der Waals surface area contributed by atoms with Crippen LogP contribution in [0.15, 0.2) is 18.2 Å². The molecule has 0 radical (unpaired) electrons. The van der Waals surface area contributed by atoms with Gasteiger partial charge in [0, 0.05) is 19.1 Å². The predicted octanol–water partition coefficient (Wildman–Crippen LogP) is 3.86. The second-order valence-electron chi connectivity index (χ2n) is 7.30. The van der Waals surface area contributed by atoms with Crippen molar-refractivity contribution in [3.05, 3.63) is 33.8 Å². The van der Waals surface area contributed by atoms with Crippen molar-refractivity contribution in [2.75, 3.05) is 26.2 Å². The lowest BCUT2D eigenvalue weighted by Crippen LogP contribution is -2.51. The predicted molar refractivity (Wildman–Crippen MR) is 111 cm³/mol. The first-order valence-electron chi connectivity index (χ1n) is 8.98. The number of nitrogens with zero attached hydrogens (tertiary/aromatic N) is 2. The van der Waals surface area contributed by atoms with Crippen LogP contribution in [-0.2, 0) is 11.2 Å². The Kier molecular flexibility index (Phi) is 9.70. The molecule has 3 rings (SSSR count). The summed E-state index contributed by atoms with van der Waals surface area (Å²) in [6.45, 7) is 6.56. The van der Waals surface area contributed by atoms with E-state index in [1.807, 2.05) is 12.1 Å². The van der Waals surface area contributed by atoms with E-state index in [0.717, 1.165) is 31.5 Å². The molecule has 0 aliphatic carbocycles. The molecule has 0 spiro atoms. The third kappa shape index (κ3) is 6.00. The molecule has 2 atom stereocenters. The molecule has 0 bridgehead atoms. The zero-order chi connectivity index (χ0) is 17.1. The van der Waals surface area contributed by atoms with Crippen LogP contribution in [0.4, 0.5) is 0 Å². The van der Waals surface area contributed by atoms with Gasteiger partial charge in [0.1, 0.15) is 0 Å². The first-order valence-corrected chi connectivity index (χ1v) is 9.74. The molecule has 148 valence electrons. The molecule has 4 nitrogen and oxygen atoms in total.